The normalized spacial score (nSPS) is 13.6. The molecule has 0 unspecified atom stereocenters. The zero-order chi connectivity index (χ0) is 9.12. The lowest BCUT2D eigenvalue weighted by Crippen LogP contribution is -2.64. The maximum atomic E-state index is 8.98. The van der Waals surface area contributed by atoms with Gasteiger partial charge in [-0.05, 0) is 0 Å². The number of nitrogens with zero attached hydrogens (tertiary/aromatic N) is 1. The summed E-state index contributed by atoms with van der Waals surface area (Å²) < 4.78 is 0.344. The first-order valence-corrected chi connectivity index (χ1v) is 3.57. The van der Waals surface area contributed by atoms with Gasteiger partial charge in [0.2, 0.25) is 0 Å². The molecular formula is C7H18NO3+. The van der Waals surface area contributed by atoms with Crippen LogP contribution in [0.4, 0.5) is 0 Å². The maximum Gasteiger partial charge on any atom is 0.168 e. The van der Waals surface area contributed by atoms with E-state index < -0.39 is 5.54 Å². The smallest absolute Gasteiger partial charge is 0.168 e. The summed E-state index contributed by atoms with van der Waals surface area (Å²) in [4.78, 5) is 0. The molecule has 0 aromatic carbocycles. The highest BCUT2D eigenvalue weighted by atomic mass is 16.3. The van der Waals surface area contributed by atoms with Gasteiger partial charge in [0, 0.05) is 0 Å². The van der Waals surface area contributed by atoms with E-state index in [1.807, 2.05) is 21.1 Å². The summed E-state index contributed by atoms with van der Waals surface area (Å²) in [5.41, 5.74) is -0.833. The van der Waals surface area contributed by atoms with Crippen molar-refractivity contribution in [3.63, 3.8) is 0 Å². The number of quaternary nitrogens is 1. The summed E-state index contributed by atoms with van der Waals surface area (Å²) in [5.74, 6) is 0. The molecule has 0 rings (SSSR count). The van der Waals surface area contributed by atoms with Crippen LogP contribution in [-0.2, 0) is 0 Å². The topological polar surface area (TPSA) is 60.7 Å². The van der Waals surface area contributed by atoms with Crippen LogP contribution in [0.2, 0.25) is 0 Å². The summed E-state index contributed by atoms with van der Waals surface area (Å²) in [6, 6.07) is 0. The van der Waals surface area contributed by atoms with Crippen LogP contribution in [0.5, 0.6) is 0 Å². The van der Waals surface area contributed by atoms with Crippen molar-refractivity contribution in [3.05, 3.63) is 0 Å². The fourth-order valence-electron chi connectivity index (χ4n) is 0.786. The van der Waals surface area contributed by atoms with Crippen LogP contribution in [0.1, 0.15) is 0 Å². The van der Waals surface area contributed by atoms with Gasteiger partial charge in [-0.15, -0.1) is 0 Å². The van der Waals surface area contributed by atoms with Crippen molar-refractivity contribution in [1.82, 2.24) is 0 Å². The Kier molecular flexibility index (Phi) is 3.44. The van der Waals surface area contributed by atoms with Gasteiger partial charge in [-0.1, -0.05) is 0 Å². The molecule has 0 fully saturated rings. The Morgan fingerprint density at radius 1 is 0.909 bits per heavy atom. The molecule has 68 valence electrons. The number of aliphatic hydroxyl groups excluding tert-OH is 3. The van der Waals surface area contributed by atoms with Crippen LogP contribution in [0.3, 0.4) is 0 Å². The third-order valence-corrected chi connectivity index (χ3v) is 2.31. The summed E-state index contributed by atoms with van der Waals surface area (Å²) in [5, 5.41) is 26.9. The molecule has 0 amide bonds. The van der Waals surface area contributed by atoms with Crippen LogP contribution in [0.25, 0.3) is 0 Å². The Morgan fingerprint density at radius 2 is 1.18 bits per heavy atom. The molecule has 0 aromatic heterocycles. The first kappa shape index (κ1) is 10.8. The van der Waals surface area contributed by atoms with Gasteiger partial charge in [-0.2, -0.15) is 0 Å². The first-order valence-electron chi connectivity index (χ1n) is 3.57. The molecule has 0 radical (unpaired) electrons. The van der Waals surface area contributed by atoms with E-state index in [-0.39, 0.29) is 19.8 Å². The highest BCUT2D eigenvalue weighted by molar-refractivity contribution is 4.77. The Labute approximate surface area is 67.3 Å². The summed E-state index contributed by atoms with van der Waals surface area (Å²) >= 11 is 0. The fourth-order valence-corrected chi connectivity index (χ4v) is 0.786. The van der Waals surface area contributed by atoms with Crippen LogP contribution in [0.15, 0.2) is 0 Å². The molecule has 0 aliphatic rings. The second kappa shape index (κ2) is 3.49. The van der Waals surface area contributed by atoms with E-state index in [2.05, 4.69) is 0 Å². The second-order valence-electron chi connectivity index (χ2n) is 3.71. The van der Waals surface area contributed by atoms with Gasteiger partial charge in [0.25, 0.3) is 0 Å². The summed E-state index contributed by atoms with van der Waals surface area (Å²) in [7, 11) is 5.47. The second-order valence-corrected chi connectivity index (χ2v) is 3.71. The van der Waals surface area contributed by atoms with Crippen LogP contribution in [0, 0.1) is 0 Å². The minimum atomic E-state index is -0.833. The average Bonchev–Trinajstić information content (AvgIpc) is 1.90. The molecule has 0 saturated carbocycles. The standard InChI is InChI=1S/C7H18NO3/c1-8(2,3)7(4-9,5-10)6-11/h9-11H,4-6H2,1-3H3/q+1. The predicted molar refractivity (Wildman–Crippen MR) is 42.0 cm³/mol. The lowest BCUT2D eigenvalue weighted by Gasteiger charge is -2.42. The van der Waals surface area contributed by atoms with Crippen molar-refractivity contribution in [2.45, 2.75) is 5.54 Å². The lowest BCUT2D eigenvalue weighted by molar-refractivity contribution is -0.926. The monoisotopic (exact) mass is 164 g/mol. The fraction of sp³-hybridized carbons (Fsp3) is 1.00. The first-order chi connectivity index (χ1) is 4.93. The van der Waals surface area contributed by atoms with E-state index in [1.54, 1.807) is 0 Å². The molecule has 4 heteroatoms. The number of hydrogen-bond donors (Lipinski definition) is 3. The molecule has 0 aliphatic carbocycles. The Balaban J connectivity index is 4.54. The minimum absolute atomic E-state index is 0.219. The van der Waals surface area contributed by atoms with Gasteiger partial charge in [0.15, 0.2) is 5.54 Å². The van der Waals surface area contributed by atoms with E-state index in [0.717, 1.165) is 0 Å². The third kappa shape index (κ3) is 1.90. The van der Waals surface area contributed by atoms with Gasteiger partial charge < -0.3 is 19.8 Å². The molecule has 0 atom stereocenters. The zero-order valence-electron chi connectivity index (χ0n) is 7.41. The third-order valence-electron chi connectivity index (χ3n) is 2.31. The summed E-state index contributed by atoms with van der Waals surface area (Å²) in [6.07, 6.45) is 0. The lowest BCUT2D eigenvalue weighted by atomic mass is 10.00. The molecule has 0 aromatic rings. The molecule has 0 spiro atoms. The summed E-state index contributed by atoms with van der Waals surface area (Å²) in [6.45, 7) is -0.656. The van der Waals surface area contributed by atoms with E-state index in [0.29, 0.717) is 4.48 Å². The van der Waals surface area contributed by atoms with Gasteiger partial charge in [0.05, 0.1) is 21.1 Å². The number of hydrogen-bond acceptors (Lipinski definition) is 3. The van der Waals surface area contributed by atoms with Crippen molar-refractivity contribution in [3.8, 4) is 0 Å². The average molecular weight is 164 g/mol. The number of likely N-dealkylation sites (N-methyl/N-ethyl adjacent to an activating group) is 1. The molecule has 0 bridgehead atoms. The van der Waals surface area contributed by atoms with Crippen LogP contribution in [-0.4, -0.2) is 66.3 Å². The van der Waals surface area contributed by atoms with Gasteiger partial charge >= 0.3 is 0 Å². The SMILES string of the molecule is C[N+](C)(C)C(CO)(CO)CO. The van der Waals surface area contributed by atoms with Gasteiger partial charge in [-0.25, -0.2) is 0 Å². The van der Waals surface area contributed by atoms with E-state index >= 15 is 0 Å². The highest BCUT2D eigenvalue weighted by Crippen LogP contribution is 2.16. The van der Waals surface area contributed by atoms with Crippen molar-refractivity contribution < 1.29 is 19.8 Å². The quantitative estimate of drug-likeness (QED) is 0.439. The predicted octanol–water partition coefficient (Wildman–Crippen LogP) is -1.59. The van der Waals surface area contributed by atoms with Gasteiger partial charge in [0.1, 0.15) is 19.8 Å². The van der Waals surface area contributed by atoms with Gasteiger partial charge in [-0.3, -0.25) is 0 Å². The molecule has 3 N–H and O–H groups in total. The number of rotatable bonds is 4. The molecule has 4 nitrogen and oxygen atoms in total. The molecule has 0 aliphatic heterocycles. The Morgan fingerprint density at radius 3 is 1.18 bits per heavy atom. The molecule has 11 heavy (non-hydrogen) atoms. The maximum absolute atomic E-state index is 8.98. The van der Waals surface area contributed by atoms with Crippen molar-refractivity contribution in [2.24, 2.45) is 0 Å². The van der Waals surface area contributed by atoms with Crippen LogP contribution < -0.4 is 0 Å². The molecular weight excluding hydrogens is 146 g/mol. The van der Waals surface area contributed by atoms with E-state index in [4.69, 9.17) is 15.3 Å². The van der Waals surface area contributed by atoms with E-state index in [9.17, 15) is 0 Å². The van der Waals surface area contributed by atoms with Crippen LogP contribution >= 0.6 is 0 Å². The molecule has 0 saturated heterocycles. The largest absolute Gasteiger partial charge is 0.390 e. The Hall–Kier alpha value is -0.160. The van der Waals surface area contributed by atoms with Crippen molar-refractivity contribution >= 4 is 0 Å². The number of aliphatic hydroxyl groups is 3. The molecule has 0 heterocycles. The minimum Gasteiger partial charge on any atom is -0.390 e. The Bertz CT molecular complexity index is 107. The van der Waals surface area contributed by atoms with Crippen molar-refractivity contribution in [2.75, 3.05) is 41.0 Å². The highest BCUT2D eigenvalue weighted by Gasteiger charge is 2.41. The van der Waals surface area contributed by atoms with Crippen molar-refractivity contribution in [1.29, 1.82) is 0 Å². The zero-order valence-corrected chi connectivity index (χ0v) is 7.41. The van der Waals surface area contributed by atoms with E-state index in [1.165, 1.54) is 0 Å².